The third-order valence-electron chi connectivity index (χ3n) is 2.90. The fourth-order valence-electron chi connectivity index (χ4n) is 1.88. The highest BCUT2D eigenvalue weighted by Crippen LogP contribution is 2.32. The number of benzene rings is 2. The maximum atomic E-state index is 13.4. The van der Waals surface area contributed by atoms with Crippen LogP contribution in [0, 0.1) is 5.82 Å². The highest BCUT2D eigenvalue weighted by molar-refractivity contribution is 5.89. The van der Waals surface area contributed by atoms with Crippen LogP contribution >= 0.6 is 0 Å². The van der Waals surface area contributed by atoms with Gasteiger partial charge in [0.2, 0.25) is 6.79 Å². The molecular formula is C15H11FO4. The topological polar surface area (TPSA) is 44.8 Å². The fraction of sp³-hybridized carbons (Fsp3) is 0.133. The lowest BCUT2D eigenvalue weighted by atomic mass is 10.2. The standard InChI is InChI=1S/C15H11FO4/c16-12-4-2-1-3-11(12)15(17)18-8-10-5-6-13-14(7-10)20-9-19-13/h1-7H,8-9H2. The monoisotopic (exact) mass is 274 g/mol. The van der Waals surface area contributed by atoms with Crippen molar-refractivity contribution in [2.24, 2.45) is 0 Å². The Hall–Kier alpha value is -2.56. The predicted molar refractivity (Wildman–Crippen MR) is 68.1 cm³/mol. The van der Waals surface area contributed by atoms with Gasteiger partial charge in [0.1, 0.15) is 12.4 Å². The molecule has 0 aliphatic carbocycles. The van der Waals surface area contributed by atoms with Crippen LogP contribution in [-0.2, 0) is 11.3 Å². The molecule has 0 aromatic heterocycles. The lowest BCUT2D eigenvalue weighted by Gasteiger charge is -2.06. The number of halogens is 1. The van der Waals surface area contributed by atoms with Crippen molar-refractivity contribution in [3.63, 3.8) is 0 Å². The van der Waals surface area contributed by atoms with E-state index in [9.17, 15) is 9.18 Å². The molecule has 2 aromatic rings. The molecule has 3 rings (SSSR count). The van der Waals surface area contributed by atoms with Crippen molar-refractivity contribution in [3.05, 3.63) is 59.4 Å². The number of carbonyl (C=O) groups is 1. The van der Waals surface area contributed by atoms with Crippen molar-refractivity contribution < 1.29 is 23.4 Å². The van der Waals surface area contributed by atoms with Gasteiger partial charge in [-0.2, -0.15) is 0 Å². The number of hydrogen-bond donors (Lipinski definition) is 0. The molecule has 20 heavy (non-hydrogen) atoms. The summed E-state index contributed by atoms with van der Waals surface area (Å²) < 4.78 is 28.9. The zero-order valence-electron chi connectivity index (χ0n) is 10.5. The zero-order chi connectivity index (χ0) is 13.9. The van der Waals surface area contributed by atoms with Crippen molar-refractivity contribution in [3.8, 4) is 11.5 Å². The first-order chi connectivity index (χ1) is 9.74. The van der Waals surface area contributed by atoms with Crippen LogP contribution in [0.25, 0.3) is 0 Å². The average Bonchev–Trinajstić information content (AvgIpc) is 2.92. The quantitative estimate of drug-likeness (QED) is 0.807. The van der Waals surface area contributed by atoms with Crippen LogP contribution in [0.3, 0.4) is 0 Å². The zero-order valence-corrected chi connectivity index (χ0v) is 10.5. The summed E-state index contributed by atoms with van der Waals surface area (Å²) in [6, 6.07) is 11.0. The highest BCUT2D eigenvalue weighted by atomic mass is 19.1. The van der Waals surface area contributed by atoms with E-state index < -0.39 is 11.8 Å². The molecule has 0 atom stereocenters. The van der Waals surface area contributed by atoms with Crippen molar-refractivity contribution in [1.82, 2.24) is 0 Å². The van der Waals surface area contributed by atoms with Crippen LogP contribution in [0.5, 0.6) is 11.5 Å². The average molecular weight is 274 g/mol. The third-order valence-corrected chi connectivity index (χ3v) is 2.90. The largest absolute Gasteiger partial charge is 0.457 e. The molecular weight excluding hydrogens is 263 g/mol. The summed E-state index contributed by atoms with van der Waals surface area (Å²) in [7, 11) is 0. The SMILES string of the molecule is O=C(OCc1ccc2c(c1)OCO2)c1ccccc1F. The Morgan fingerprint density at radius 3 is 2.80 bits per heavy atom. The van der Waals surface area contributed by atoms with Gasteiger partial charge in [-0.25, -0.2) is 9.18 Å². The van der Waals surface area contributed by atoms with Gasteiger partial charge in [0.25, 0.3) is 0 Å². The van der Waals surface area contributed by atoms with Gasteiger partial charge in [-0.05, 0) is 29.8 Å². The number of carbonyl (C=O) groups excluding carboxylic acids is 1. The Balaban J connectivity index is 1.68. The lowest BCUT2D eigenvalue weighted by Crippen LogP contribution is -2.07. The molecule has 1 aliphatic heterocycles. The first-order valence-electron chi connectivity index (χ1n) is 6.04. The smallest absolute Gasteiger partial charge is 0.341 e. The second kappa shape index (κ2) is 5.21. The molecule has 0 saturated heterocycles. The van der Waals surface area contributed by atoms with Gasteiger partial charge in [0.15, 0.2) is 11.5 Å². The van der Waals surface area contributed by atoms with Gasteiger partial charge in [-0.1, -0.05) is 18.2 Å². The molecule has 0 fully saturated rings. The minimum Gasteiger partial charge on any atom is -0.457 e. The molecule has 1 aliphatic rings. The Morgan fingerprint density at radius 1 is 1.15 bits per heavy atom. The van der Waals surface area contributed by atoms with Gasteiger partial charge in [0.05, 0.1) is 5.56 Å². The maximum Gasteiger partial charge on any atom is 0.341 e. The van der Waals surface area contributed by atoms with Gasteiger partial charge in [0, 0.05) is 0 Å². The molecule has 1 heterocycles. The molecule has 5 heteroatoms. The summed E-state index contributed by atoms with van der Waals surface area (Å²) in [4.78, 5) is 11.8. The van der Waals surface area contributed by atoms with Gasteiger partial charge in [-0.15, -0.1) is 0 Å². The van der Waals surface area contributed by atoms with Crippen LogP contribution in [0.15, 0.2) is 42.5 Å². The summed E-state index contributed by atoms with van der Waals surface area (Å²) in [6.07, 6.45) is 0. The van der Waals surface area contributed by atoms with E-state index >= 15 is 0 Å². The van der Waals surface area contributed by atoms with E-state index in [1.807, 2.05) is 0 Å². The van der Waals surface area contributed by atoms with Crippen LogP contribution in [0.2, 0.25) is 0 Å². The van der Waals surface area contributed by atoms with E-state index in [0.717, 1.165) is 5.56 Å². The first-order valence-corrected chi connectivity index (χ1v) is 6.04. The second-order valence-electron chi connectivity index (χ2n) is 4.24. The molecule has 0 saturated carbocycles. The van der Waals surface area contributed by atoms with Crippen molar-refractivity contribution in [2.75, 3.05) is 6.79 Å². The first kappa shape index (κ1) is 12.5. The van der Waals surface area contributed by atoms with Gasteiger partial charge >= 0.3 is 5.97 Å². The number of esters is 1. The Labute approximate surface area is 114 Å². The Kier molecular flexibility index (Phi) is 3.25. The minimum atomic E-state index is -0.694. The molecule has 4 nitrogen and oxygen atoms in total. The van der Waals surface area contributed by atoms with E-state index in [1.165, 1.54) is 18.2 Å². The van der Waals surface area contributed by atoms with Crippen LogP contribution in [-0.4, -0.2) is 12.8 Å². The van der Waals surface area contributed by atoms with Gasteiger partial charge in [-0.3, -0.25) is 0 Å². The summed E-state index contributed by atoms with van der Waals surface area (Å²) in [5.74, 6) is -0.0115. The van der Waals surface area contributed by atoms with E-state index in [0.29, 0.717) is 11.5 Å². The maximum absolute atomic E-state index is 13.4. The van der Waals surface area contributed by atoms with Crippen molar-refractivity contribution in [1.29, 1.82) is 0 Å². The molecule has 102 valence electrons. The fourth-order valence-corrected chi connectivity index (χ4v) is 1.88. The normalized spacial score (nSPS) is 12.2. The summed E-state index contributed by atoms with van der Waals surface area (Å²) in [5, 5.41) is 0. The summed E-state index contributed by atoms with van der Waals surface area (Å²) in [5.41, 5.74) is 0.673. The molecule has 0 bridgehead atoms. The molecule has 2 aromatic carbocycles. The number of fused-ring (bicyclic) bond motifs is 1. The Bertz CT molecular complexity index is 654. The molecule has 0 unspecified atom stereocenters. The van der Waals surface area contributed by atoms with E-state index in [4.69, 9.17) is 14.2 Å². The molecule has 0 N–H and O–H groups in total. The van der Waals surface area contributed by atoms with Gasteiger partial charge < -0.3 is 14.2 Å². The summed E-state index contributed by atoms with van der Waals surface area (Å²) >= 11 is 0. The molecule has 0 radical (unpaired) electrons. The Morgan fingerprint density at radius 2 is 1.95 bits per heavy atom. The van der Waals surface area contributed by atoms with E-state index in [1.54, 1.807) is 24.3 Å². The van der Waals surface area contributed by atoms with Crippen LogP contribution in [0.4, 0.5) is 4.39 Å². The van der Waals surface area contributed by atoms with E-state index in [-0.39, 0.29) is 19.0 Å². The van der Waals surface area contributed by atoms with Crippen molar-refractivity contribution >= 4 is 5.97 Å². The van der Waals surface area contributed by atoms with Crippen LogP contribution in [0.1, 0.15) is 15.9 Å². The summed E-state index contributed by atoms with van der Waals surface area (Å²) in [6.45, 7) is 0.234. The predicted octanol–water partition coefficient (Wildman–Crippen LogP) is 2.91. The van der Waals surface area contributed by atoms with E-state index in [2.05, 4.69) is 0 Å². The minimum absolute atomic E-state index is 0.0454. The number of ether oxygens (including phenoxy) is 3. The number of rotatable bonds is 3. The highest BCUT2D eigenvalue weighted by Gasteiger charge is 2.15. The van der Waals surface area contributed by atoms with Crippen LogP contribution < -0.4 is 9.47 Å². The second-order valence-corrected chi connectivity index (χ2v) is 4.24. The molecule has 0 spiro atoms. The van der Waals surface area contributed by atoms with Crippen molar-refractivity contribution in [2.45, 2.75) is 6.61 Å². The number of hydrogen-bond acceptors (Lipinski definition) is 4. The molecule has 0 amide bonds. The lowest BCUT2D eigenvalue weighted by molar-refractivity contribution is 0.0467. The third kappa shape index (κ3) is 2.42.